The number of hydrogen-bond acceptors (Lipinski definition) is 1. The Morgan fingerprint density at radius 2 is 2.00 bits per heavy atom. The summed E-state index contributed by atoms with van der Waals surface area (Å²) in [7, 11) is 0. The third kappa shape index (κ3) is 2.65. The highest BCUT2D eigenvalue weighted by molar-refractivity contribution is 5.34. The molecule has 0 spiro atoms. The standard InChI is InChI=1S/C14H19F2N/c1-2-9-17-13-6-4-3-5-10-11(15)7-8-12(16)14(10)13/h7-8,13,17H,2-6,9H2,1H3. The van der Waals surface area contributed by atoms with Crippen LogP contribution in [0.15, 0.2) is 12.1 Å². The van der Waals surface area contributed by atoms with Crippen molar-refractivity contribution in [3.05, 3.63) is 34.9 Å². The van der Waals surface area contributed by atoms with Gasteiger partial charge in [-0.25, -0.2) is 8.78 Å². The molecule has 0 aliphatic heterocycles. The summed E-state index contributed by atoms with van der Waals surface area (Å²) in [6, 6.07) is 2.47. The Labute approximate surface area is 101 Å². The van der Waals surface area contributed by atoms with E-state index in [1.807, 2.05) is 0 Å². The van der Waals surface area contributed by atoms with Crippen LogP contribution in [0.4, 0.5) is 8.78 Å². The predicted molar refractivity (Wildman–Crippen MR) is 64.9 cm³/mol. The third-order valence-corrected chi connectivity index (χ3v) is 3.41. The van der Waals surface area contributed by atoms with Crippen molar-refractivity contribution in [3.63, 3.8) is 0 Å². The molecule has 94 valence electrons. The third-order valence-electron chi connectivity index (χ3n) is 3.41. The molecule has 0 amide bonds. The minimum atomic E-state index is -0.267. The zero-order valence-electron chi connectivity index (χ0n) is 10.2. The van der Waals surface area contributed by atoms with Crippen LogP contribution in [0.3, 0.4) is 0 Å². The molecular weight excluding hydrogens is 220 g/mol. The molecule has 1 N–H and O–H groups in total. The predicted octanol–water partition coefficient (Wildman–Crippen LogP) is 3.73. The van der Waals surface area contributed by atoms with Gasteiger partial charge < -0.3 is 5.32 Å². The van der Waals surface area contributed by atoms with Crippen LogP contribution in [0, 0.1) is 11.6 Å². The van der Waals surface area contributed by atoms with Gasteiger partial charge in [0.1, 0.15) is 11.6 Å². The summed E-state index contributed by atoms with van der Waals surface area (Å²) < 4.78 is 27.6. The van der Waals surface area contributed by atoms with Crippen LogP contribution >= 0.6 is 0 Å². The van der Waals surface area contributed by atoms with Gasteiger partial charge in [-0.05, 0) is 49.9 Å². The Hall–Kier alpha value is -0.960. The summed E-state index contributed by atoms with van der Waals surface area (Å²) in [6.45, 7) is 2.92. The molecule has 1 aliphatic carbocycles. The monoisotopic (exact) mass is 239 g/mol. The summed E-state index contributed by atoms with van der Waals surface area (Å²) in [5.74, 6) is -0.525. The van der Waals surface area contributed by atoms with E-state index >= 15 is 0 Å². The number of nitrogens with one attached hydrogen (secondary N) is 1. The zero-order chi connectivity index (χ0) is 12.3. The fourth-order valence-electron chi connectivity index (χ4n) is 2.56. The molecule has 1 aromatic carbocycles. The smallest absolute Gasteiger partial charge is 0.128 e. The second-order valence-corrected chi connectivity index (χ2v) is 4.67. The Kier molecular flexibility index (Phi) is 4.11. The van der Waals surface area contributed by atoms with Crippen molar-refractivity contribution >= 4 is 0 Å². The molecule has 1 atom stereocenters. The lowest BCUT2D eigenvalue weighted by molar-refractivity contribution is 0.465. The largest absolute Gasteiger partial charge is 0.310 e. The van der Waals surface area contributed by atoms with Crippen molar-refractivity contribution in [1.82, 2.24) is 5.32 Å². The minimum absolute atomic E-state index is 0.0249. The van der Waals surface area contributed by atoms with Crippen LogP contribution in [0.5, 0.6) is 0 Å². The van der Waals surface area contributed by atoms with Gasteiger partial charge in [0.25, 0.3) is 0 Å². The van der Waals surface area contributed by atoms with E-state index in [9.17, 15) is 8.78 Å². The highest BCUT2D eigenvalue weighted by Gasteiger charge is 2.23. The molecule has 0 aromatic heterocycles. The number of benzene rings is 1. The average Bonchev–Trinajstić information content (AvgIpc) is 2.54. The van der Waals surface area contributed by atoms with Crippen LogP contribution in [-0.2, 0) is 6.42 Å². The van der Waals surface area contributed by atoms with Crippen LogP contribution < -0.4 is 5.32 Å². The Morgan fingerprint density at radius 1 is 1.24 bits per heavy atom. The van der Waals surface area contributed by atoms with Crippen LogP contribution in [0.1, 0.15) is 49.8 Å². The molecule has 1 aliphatic rings. The van der Waals surface area contributed by atoms with E-state index in [2.05, 4.69) is 12.2 Å². The summed E-state index contributed by atoms with van der Waals surface area (Å²) in [6.07, 6.45) is 4.52. The van der Waals surface area contributed by atoms with Gasteiger partial charge >= 0.3 is 0 Å². The van der Waals surface area contributed by atoms with Gasteiger partial charge in [0, 0.05) is 11.6 Å². The van der Waals surface area contributed by atoms with Crippen molar-refractivity contribution in [2.75, 3.05) is 6.54 Å². The molecule has 1 unspecified atom stereocenters. The van der Waals surface area contributed by atoms with Gasteiger partial charge in [-0.3, -0.25) is 0 Å². The number of fused-ring (bicyclic) bond motifs is 1. The molecule has 2 rings (SSSR count). The van der Waals surface area contributed by atoms with Gasteiger partial charge in [0.2, 0.25) is 0 Å². The van der Waals surface area contributed by atoms with Crippen molar-refractivity contribution in [3.8, 4) is 0 Å². The maximum absolute atomic E-state index is 13.9. The molecule has 3 heteroatoms. The Balaban J connectivity index is 2.36. The average molecular weight is 239 g/mol. The first-order chi connectivity index (χ1) is 8.24. The fourth-order valence-corrected chi connectivity index (χ4v) is 2.56. The summed E-state index contributed by atoms with van der Waals surface area (Å²) in [5, 5.41) is 3.33. The van der Waals surface area contributed by atoms with E-state index in [0.717, 1.165) is 32.2 Å². The fraction of sp³-hybridized carbons (Fsp3) is 0.571. The van der Waals surface area contributed by atoms with Gasteiger partial charge in [-0.15, -0.1) is 0 Å². The lowest BCUT2D eigenvalue weighted by Crippen LogP contribution is -2.23. The van der Waals surface area contributed by atoms with Gasteiger partial charge in [0.05, 0.1) is 0 Å². The van der Waals surface area contributed by atoms with Gasteiger partial charge in [-0.2, -0.15) is 0 Å². The van der Waals surface area contributed by atoms with E-state index in [4.69, 9.17) is 0 Å². The lowest BCUT2D eigenvalue weighted by atomic mass is 9.97. The number of rotatable bonds is 3. The quantitative estimate of drug-likeness (QED) is 0.792. The molecule has 0 heterocycles. The lowest BCUT2D eigenvalue weighted by Gasteiger charge is -2.20. The van der Waals surface area contributed by atoms with E-state index in [0.29, 0.717) is 17.5 Å². The maximum atomic E-state index is 13.9. The SMILES string of the molecule is CCCNC1CCCCc2c(F)ccc(F)c21. The number of hydrogen-bond donors (Lipinski definition) is 1. The van der Waals surface area contributed by atoms with Gasteiger partial charge in [0.15, 0.2) is 0 Å². The number of halogens is 2. The van der Waals surface area contributed by atoms with E-state index < -0.39 is 0 Å². The van der Waals surface area contributed by atoms with Crippen molar-refractivity contribution in [2.45, 2.75) is 45.1 Å². The highest BCUT2D eigenvalue weighted by atomic mass is 19.1. The first-order valence-corrected chi connectivity index (χ1v) is 6.44. The molecule has 1 nitrogen and oxygen atoms in total. The Morgan fingerprint density at radius 3 is 2.76 bits per heavy atom. The first kappa shape index (κ1) is 12.5. The van der Waals surface area contributed by atoms with E-state index in [1.165, 1.54) is 12.1 Å². The molecular formula is C14H19F2N. The maximum Gasteiger partial charge on any atom is 0.128 e. The van der Waals surface area contributed by atoms with Crippen molar-refractivity contribution < 1.29 is 8.78 Å². The van der Waals surface area contributed by atoms with Crippen LogP contribution in [-0.4, -0.2) is 6.54 Å². The molecule has 0 bridgehead atoms. The minimum Gasteiger partial charge on any atom is -0.310 e. The van der Waals surface area contributed by atoms with Crippen LogP contribution in [0.2, 0.25) is 0 Å². The Bertz CT molecular complexity index is 390. The van der Waals surface area contributed by atoms with Crippen molar-refractivity contribution in [1.29, 1.82) is 0 Å². The second kappa shape index (κ2) is 5.58. The zero-order valence-corrected chi connectivity index (χ0v) is 10.2. The molecule has 1 aromatic rings. The van der Waals surface area contributed by atoms with Crippen molar-refractivity contribution in [2.24, 2.45) is 0 Å². The summed E-state index contributed by atoms with van der Waals surface area (Å²) in [5.41, 5.74) is 1.15. The topological polar surface area (TPSA) is 12.0 Å². The molecule has 0 radical (unpaired) electrons. The van der Waals surface area contributed by atoms with Crippen LogP contribution in [0.25, 0.3) is 0 Å². The molecule has 0 fully saturated rings. The second-order valence-electron chi connectivity index (χ2n) is 4.67. The first-order valence-electron chi connectivity index (χ1n) is 6.44. The highest BCUT2D eigenvalue weighted by Crippen LogP contribution is 2.32. The molecule has 0 saturated heterocycles. The normalized spacial score (nSPS) is 19.8. The molecule has 0 saturated carbocycles. The van der Waals surface area contributed by atoms with E-state index in [1.54, 1.807) is 0 Å². The molecule has 17 heavy (non-hydrogen) atoms. The summed E-state index contributed by atoms with van der Waals surface area (Å²) in [4.78, 5) is 0. The van der Waals surface area contributed by atoms with E-state index in [-0.39, 0.29) is 17.7 Å². The van der Waals surface area contributed by atoms with Gasteiger partial charge in [-0.1, -0.05) is 13.3 Å². The summed E-state index contributed by atoms with van der Waals surface area (Å²) >= 11 is 0.